The largest absolute Gasteiger partial charge is 0.320 e. The summed E-state index contributed by atoms with van der Waals surface area (Å²) >= 11 is 0. The van der Waals surface area contributed by atoms with Crippen molar-refractivity contribution in [3.05, 3.63) is 47.5 Å². The van der Waals surface area contributed by atoms with Crippen LogP contribution in [0.25, 0.3) is 4.85 Å². The quantitative estimate of drug-likeness (QED) is 0.394. The summed E-state index contributed by atoms with van der Waals surface area (Å²) in [6.07, 6.45) is 15.0. The van der Waals surface area contributed by atoms with E-state index in [-0.39, 0.29) is 50.8 Å². The molecule has 39 heavy (non-hydrogen) atoms. The average molecular weight is 529 g/mol. The first-order chi connectivity index (χ1) is 18.1. The van der Waals surface area contributed by atoms with Gasteiger partial charge in [-0.15, -0.1) is 10.2 Å². The molecule has 5 aliphatic rings. The standard InChI is InChI=1S/C33H44N4O2/c1-28(2)11-13-33(18-37-19-35-36-20-37)14-12-32(7)26(21(33)16-28)23(38)15-25-30(5)17-22(34-8)27(39)29(3,4)24(30)9-10-31(25,32)6/h15,17,19-21,24,26H,9-14,16,18H2,1-7H3/t21-,24-,26-,30-,31+,32+,33+/m0/s1. The van der Waals surface area contributed by atoms with Gasteiger partial charge < -0.3 is 9.36 Å². The van der Waals surface area contributed by atoms with Crippen LogP contribution in [0.2, 0.25) is 0 Å². The normalized spacial score (nSPS) is 44.1. The maximum atomic E-state index is 14.6. The fourth-order valence-corrected chi connectivity index (χ4v) is 10.7. The van der Waals surface area contributed by atoms with Gasteiger partial charge in [0.15, 0.2) is 11.6 Å². The topological polar surface area (TPSA) is 69.2 Å². The van der Waals surface area contributed by atoms with Gasteiger partial charge >= 0.3 is 0 Å². The summed E-state index contributed by atoms with van der Waals surface area (Å²) in [6.45, 7) is 24.5. The smallest absolute Gasteiger partial charge is 0.226 e. The number of aromatic nitrogens is 3. The van der Waals surface area contributed by atoms with Crippen molar-refractivity contribution in [2.75, 3.05) is 0 Å². The van der Waals surface area contributed by atoms with Gasteiger partial charge in [0.2, 0.25) is 5.70 Å². The molecule has 208 valence electrons. The van der Waals surface area contributed by atoms with Gasteiger partial charge in [0.25, 0.3) is 0 Å². The lowest BCUT2D eigenvalue weighted by Crippen LogP contribution is -2.65. The summed E-state index contributed by atoms with van der Waals surface area (Å²) < 4.78 is 2.13. The van der Waals surface area contributed by atoms with Crippen LogP contribution in [0.5, 0.6) is 0 Å². The summed E-state index contributed by atoms with van der Waals surface area (Å²) in [4.78, 5) is 31.5. The molecular weight excluding hydrogens is 484 g/mol. The van der Waals surface area contributed by atoms with E-state index >= 15 is 0 Å². The molecule has 3 fully saturated rings. The van der Waals surface area contributed by atoms with Gasteiger partial charge in [-0.25, -0.2) is 4.85 Å². The fraction of sp³-hybridized carbons (Fsp3) is 0.727. The Morgan fingerprint density at radius 1 is 0.974 bits per heavy atom. The molecule has 1 aromatic heterocycles. The zero-order valence-electron chi connectivity index (χ0n) is 24.8. The van der Waals surface area contributed by atoms with Crippen LogP contribution in [0.15, 0.2) is 36.1 Å². The first-order valence-corrected chi connectivity index (χ1v) is 14.9. The van der Waals surface area contributed by atoms with Gasteiger partial charge in [0.05, 0.1) is 6.57 Å². The van der Waals surface area contributed by atoms with Crippen LogP contribution < -0.4 is 0 Å². The Balaban J connectivity index is 1.50. The summed E-state index contributed by atoms with van der Waals surface area (Å²) in [7, 11) is 0. The Morgan fingerprint density at radius 2 is 1.64 bits per heavy atom. The number of Topliss-reactive ketones (excluding diaryl/α,β-unsaturated/α-hetero) is 1. The fourth-order valence-electron chi connectivity index (χ4n) is 10.7. The molecule has 7 atom stereocenters. The van der Waals surface area contributed by atoms with Crippen molar-refractivity contribution in [1.29, 1.82) is 0 Å². The molecule has 6 heteroatoms. The van der Waals surface area contributed by atoms with E-state index < -0.39 is 10.8 Å². The van der Waals surface area contributed by atoms with E-state index in [1.807, 2.05) is 38.7 Å². The number of rotatable bonds is 2. The van der Waals surface area contributed by atoms with Crippen LogP contribution in [0.1, 0.15) is 93.4 Å². The Bertz CT molecular complexity index is 1350. The Kier molecular flexibility index (Phi) is 5.48. The molecular formula is C33H44N4O2. The van der Waals surface area contributed by atoms with E-state index in [1.54, 1.807) is 0 Å². The molecule has 6 nitrogen and oxygen atoms in total. The SMILES string of the molecule is [C-]#[N+]C1=C[C@]2(C)C3=CC(=O)[C@@H]4[C@@H]5CC(C)(C)CC[C@]5(Cn5cnnc5)CC[C@@]4(C)[C@]3(C)CC[C@H]2C(C)(C)C1=O. The highest BCUT2D eigenvalue weighted by Gasteiger charge is 2.69. The van der Waals surface area contributed by atoms with Crippen LogP contribution in [0.3, 0.4) is 0 Å². The molecule has 0 aliphatic heterocycles. The number of nitrogens with zero attached hydrogens (tertiary/aromatic N) is 4. The number of allylic oxidation sites excluding steroid dienone is 4. The lowest BCUT2D eigenvalue weighted by Gasteiger charge is -2.69. The van der Waals surface area contributed by atoms with Gasteiger partial charge in [-0.1, -0.05) is 60.1 Å². The van der Waals surface area contributed by atoms with Crippen molar-refractivity contribution >= 4 is 11.6 Å². The third kappa shape index (κ3) is 3.37. The molecule has 1 aromatic rings. The number of carbonyl (C=O) groups is 2. The Hall–Kier alpha value is -2.55. The van der Waals surface area contributed by atoms with Crippen LogP contribution in [0, 0.1) is 56.8 Å². The molecule has 0 saturated heterocycles. The monoisotopic (exact) mass is 528 g/mol. The Labute approximate surface area is 233 Å². The van der Waals surface area contributed by atoms with Crippen LogP contribution >= 0.6 is 0 Å². The predicted octanol–water partition coefficient (Wildman–Crippen LogP) is 6.85. The van der Waals surface area contributed by atoms with Gasteiger partial charge in [0, 0.05) is 23.3 Å². The number of hydrogen-bond acceptors (Lipinski definition) is 4. The summed E-state index contributed by atoms with van der Waals surface area (Å²) in [5, 5.41) is 8.18. The number of carbonyl (C=O) groups excluding carboxylic acids is 2. The molecule has 1 heterocycles. The van der Waals surface area contributed by atoms with Crippen LogP contribution in [0.4, 0.5) is 0 Å². The van der Waals surface area contributed by atoms with E-state index in [2.05, 4.69) is 54.2 Å². The Morgan fingerprint density at radius 3 is 2.31 bits per heavy atom. The summed E-state index contributed by atoms with van der Waals surface area (Å²) in [6, 6.07) is 0. The minimum absolute atomic E-state index is 0.0289. The van der Waals surface area contributed by atoms with Gasteiger partial charge in [-0.05, 0) is 84.5 Å². The van der Waals surface area contributed by atoms with Crippen molar-refractivity contribution in [2.24, 2.45) is 50.2 Å². The predicted molar refractivity (Wildman–Crippen MR) is 150 cm³/mol. The lowest BCUT2D eigenvalue weighted by molar-refractivity contribution is -0.173. The highest BCUT2D eigenvalue weighted by molar-refractivity contribution is 6.03. The van der Waals surface area contributed by atoms with Gasteiger partial charge in [-0.2, -0.15) is 0 Å². The summed E-state index contributed by atoms with van der Waals surface area (Å²) in [5.74, 6) is 0.582. The summed E-state index contributed by atoms with van der Waals surface area (Å²) in [5.41, 5.74) is 0.256. The minimum atomic E-state index is -0.625. The molecule has 3 saturated carbocycles. The molecule has 0 bridgehead atoms. The molecule has 0 spiro atoms. The third-order valence-corrected chi connectivity index (χ3v) is 13.0. The van der Waals surface area contributed by atoms with Gasteiger partial charge in [-0.3, -0.25) is 4.79 Å². The van der Waals surface area contributed by atoms with Crippen molar-refractivity contribution < 1.29 is 9.59 Å². The molecule has 0 aromatic carbocycles. The zero-order chi connectivity index (χ0) is 28.2. The zero-order valence-corrected chi connectivity index (χ0v) is 24.8. The molecule has 0 radical (unpaired) electrons. The maximum absolute atomic E-state index is 14.6. The van der Waals surface area contributed by atoms with E-state index in [1.165, 1.54) is 12.0 Å². The van der Waals surface area contributed by atoms with Crippen molar-refractivity contribution in [1.82, 2.24) is 14.8 Å². The molecule has 0 N–H and O–H groups in total. The van der Waals surface area contributed by atoms with Crippen LogP contribution in [-0.4, -0.2) is 26.3 Å². The van der Waals surface area contributed by atoms with Crippen LogP contribution in [-0.2, 0) is 16.1 Å². The maximum Gasteiger partial charge on any atom is 0.226 e. The second-order valence-corrected chi connectivity index (χ2v) is 15.7. The highest BCUT2D eigenvalue weighted by Crippen LogP contribution is 2.74. The molecule has 0 unspecified atom stereocenters. The number of fused-ring (bicyclic) bond motifs is 7. The van der Waals surface area contributed by atoms with E-state index in [0.29, 0.717) is 5.92 Å². The lowest BCUT2D eigenvalue weighted by atomic mass is 9.34. The second kappa shape index (κ2) is 8.02. The van der Waals surface area contributed by atoms with E-state index in [4.69, 9.17) is 6.57 Å². The van der Waals surface area contributed by atoms with Crippen molar-refractivity contribution in [2.45, 2.75) is 100.0 Å². The molecule has 5 aliphatic carbocycles. The van der Waals surface area contributed by atoms with Crippen molar-refractivity contribution in [3.63, 3.8) is 0 Å². The first-order valence-electron chi connectivity index (χ1n) is 14.9. The minimum Gasteiger partial charge on any atom is -0.320 e. The molecule has 6 rings (SSSR count). The number of ketones is 2. The van der Waals surface area contributed by atoms with E-state index in [0.717, 1.165) is 45.1 Å². The van der Waals surface area contributed by atoms with Crippen molar-refractivity contribution in [3.8, 4) is 0 Å². The third-order valence-electron chi connectivity index (χ3n) is 13.0. The number of hydrogen-bond donors (Lipinski definition) is 0. The molecule has 0 amide bonds. The highest BCUT2D eigenvalue weighted by atomic mass is 16.1. The van der Waals surface area contributed by atoms with Gasteiger partial charge in [0.1, 0.15) is 12.7 Å². The first kappa shape index (κ1) is 26.7. The average Bonchev–Trinajstić information content (AvgIpc) is 3.36. The van der Waals surface area contributed by atoms with E-state index in [9.17, 15) is 9.59 Å². The second-order valence-electron chi connectivity index (χ2n) is 15.7.